The van der Waals surface area contributed by atoms with Crippen LogP contribution >= 0.6 is 0 Å². The van der Waals surface area contributed by atoms with Gasteiger partial charge in [0.05, 0.1) is 14.2 Å². The molecule has 0 saturated heterocycles. The predicted octanol–water partition coefficient (Wildman–Crippen LogP) is -0.712. The Labute approximate surface area is 150 Å². The van der Waals surface area contributed by atoms with E-state index in [1.165, 1.54) is 19.1 Å². The van der Waals surface area contributed by atoms with E-state index < -0.39 is 47.7 Å². The number of nitrogens with two attached hydrogens (primary N) is 1. The average Bonchev–Trinajstić information content (AvgIpc) is 2.65. The van der Waals surface area contributed by atoms with Crippen molar-refractivity contribution in [2.24, 2.45) is 17.6 Å². The van der Waals surface area contributed by atoms with Crippen LogP contribution in [0.25, 0.3) is 0 Å². The summed E-state index contributed by atoms with van der Waals surface area (Å²) in [6.07, 6.45) is -1.56. The number of primary amides is 1. The maximum atomic E-state index is 12.3. The van der Waals surface area contributed by atoms with Gasteiger partial charge in [-0.05, 0) is 5.56 Å². The van der Waals surface area contributed by atoms with Crippen molar-refractivity contribution in [3.05, 3.63) is 35.9 Å². The van der Waals surface area contributed by atoms with E-state index >= 15 is 0 Å². The number of esters is 2. The average molecular weight is 366 g/mol. The number of benzene rings is 1. The van der Waals surface area contributed by atoms with E-state index in [0.717, 1.165) is 14.2 Å². The van der Waals surface area contributed by atoms with Crippen molar-refractivity contribution in [3.8, 4) is 0 Å². The van der Waals surface area contributed by atoms with Gasteiger partial charge in [0.25, 0.3) is 5.91 Å². The maximum absolute atomic E-state index is 12.3. The van der Waals surface area contributed by atoms with Crippen LogP contribution in [0.15, 0.2) is 30.3 Å². The van der Waals surface area contributed by atoms with Crippen molar-refractivity contribution in [1.29, 1.82) is 0 Å². The number of rotatable bonds is 8. The van der Waals surface area contributed by atoms with Crippen molar-refractivity contribution >= 4 is 23.8 Å². The number of amides is 2. The standard InChI is InChI=1S/C17H22N2O7/c1-9(11(16(23)25-2)17(24)26-3)12(14(18)21)19-15(22)13(20)10-7-5-4-6-8-10/h4-9,11-13,20H,1-3H3,(H2,18,21)(H,19,22)/t9-,12-,13-/m0/s1. The first kappa shape index (κ1) is 21.1. The molecule has 3 atom stereocenters. The number of nitrogens with one attached hydrogen (secondary N) is 1. The molecule has 1 aromatic rings. The molecule has 0 radical (unpaired) electrons. The minimum Gasteiger partial charge on any atom is -0.468 e. The molecule has 2 amide bonds. The highest BCUT2D eigenvalue weighted by Crippen LogP contribution is 2.21. The number of aliphatic hydroxyl groups excluding tert-OH is 1. The van der Waals surface area contributed by atoms with E-state index in [-0.39, 0.29) is 0 Å². The quantitative estimate of drug-likeness (QED) is 0.407. The van der Waals surface area contributed by atoms with Crippen LogP contribution in [0.3, 0.4) is 0 Å². The summed E-state index contributed by atoms with van der Waals surface area (Å²) in [7, 11) is 2.14. The Hall–Kier alpha value is -2.94. The van der Waals surface area contributed by atoms with Gasteiger partial charge in [-0.25, -0.2) is 0 Å². The lowest BCUT2D eigenvalue weighted by Gasteiger charge is -2.27. The van der Waals surface area contributed by atoms with Crippen LogP contribution in [-0.4, -0.2) is 49.1 Å². The van der Waals surface area contributed by atoms with E-state index in [2.05, 4.69) is 14.8 Å². The summed E-state index contributed by atoms with van der Waals surface area (Å²) in [6, 6.07) is 6.61. The van der Waals surface area contributed by atoms with Crippen molar-refractivity contribution < 1.29 is 33.8 Å². The summed E-state index contributed by atoms with van der Waals surface area (Å²) in [5.74, 6) is -6.30. The van der Waals surface area contributed by atoms with Gasteiger partial charge in [0, 0.05) is 5.92 Å². The number of aliphatic hydroxyl groups is 1. The zero-order valence-electron chi connectivity index (χ0n) is 14.7. The molecule has 0 bridgehead atoms. The molecule has 9 nitrogen and oxygen atoms in total. The summed E-state index contributed by atoms with van der Waals surface area (Å²) in [5.41, 5.74) is 5.61. The van der Waals surface area contributed by atoms with E-state index in [4.69, 9.17) is 5.73 Å². The molecule has 142 valence electrons. The molecule has 0 fully saturated rings. The molecule has 0 heterocycles. The zero-order chi connectivity index (χ0) is 19.9. The molecular formula is C17H22N2O7. The first-order valence-electron chi connectivity index (χ1n) is 7.72. The fourth-order valence-electron chi connectivity index (χ4n) is 2.45. The number of ether oxygens (including phenoxy) is 2. The van der Waals surface area contributed by atoms with Gasteiger partial charge < -0.3 is 25.6 Å². The van der Waals surface area contributed by atoms with E-state index in [1.807, 2.05) is 0 Å². The zero-order valence-corrected chi connectivity index (χ0v) is 14.7. The molecule has 9 heteroatoms. The third-order valence-corrected chi connectivity index (χ3v) is 3.93. The third kappa shape index (κ3) is 5.03. The summed E-state index contributed by atoms with van der Waals surface area (Å²) in [4.78, 5) is 47.8. The Bertz CT molecular complexity index is 646. The van der Waals surface area contributed by atoms with Gasteiger partial charge in [-0.3, -0.25) is 19.2 Å². The van der Waals surface area contributed by atoms with Crippen molar-refractivity contribution in [1.82, 2.24) is 5.32 Å². The summed E-state index contributed by atoms with van der Waals surface area (Å²) < 4.78 is 9.11. The predicted molar refractivity (Wildman–Crippen MR) is 89.2 cm³/mol. The van der Waals surface area contributed by atoms with E-state index in [0.29, 0.717) is 5.56 Å². The summed E-state index contributed by atoms with van der Waals surface area (Å²) >= 11 is 0. The van der Waals surface area contributed by atoms with Crippen LogP contribution in [0.5, 0.6) is 0 Å². The summed E-state index contributed by atoms with van der Waals surface area (Å²) in [6.45, 7) is 1.36. The lowest BCUT2D eigenvalue weighted by Crippen LogP contribution is -2.53. The number of methoxy groups -OCH3 is 2. The number of carbonyl (C=O) groups excluding carboxylic acids is 4. The lowest BCUT2D eigenvalue weighted by molar-refractivity contribution is -0.162. The Kier molecular flexibility index (Phi) is 7.73. The SMILES string of the molecule is COC(=O)C(C(=O)OC)[C@H](C)[C@H](NC(=O)[C@@H](O)c1ccccc1)C(N)=O. The molecule has 0 saturated carbocycles. The Morgan fingerprint density at radius 2 is 1.54 bits per heavy atom. The number of hydrogen-bond acceptors (Lipinski definition) is 7. The van der Waals surface area contributed by atoms with Crippen LogP contribution in [0.2, 0.25) is 0 Å². The smallest absolute Gasteiger partial charge is 0.320 e. The Morgan fingerprint density at radius 3 is 1.96 bits per heavy atom. The van der Waals surface area contributed by atoms with Gasteiger partial charge in [-0.2, -0.15) is 0 Å². The molecule has 4 N–H and O–H groups in total. The maximum Gasteiger partial charge on any atom is 0.320 e. The highest BCUT2D eigenvalue weighted by molar-refractivity contribution is 5.97. The highest BCUT2D eigenvalue weighted by Gasteiger charge is 2.41. The normalized spacial score (nSPS) is 14.0. The molecule has 0 spiro atoms. The lowest BCUT2D eigenvalue weighted by atomic mass is 9.86. The van der Waals surface area contributed by atoms with Gasteiger partial charge in [0.2, 0.25) is 5.91 Å². The molecule has 1 aromatic carbocycles. The van der Waals surface area contributed by atoms with E-state index in [9.17, 15) is 24.3 Å². The largest absolute Gasteiger partial charge is 0.468 e. The molecule has 0 aliphatic rings. The van der Waals surface area contributed by atoms with Crippen molar-refractivity contribution in [3.63, 3.8) is 0 Å². The van der Waals surface area contributed by atoms with Crippen LogP contribution in [0.1, 0.15) is 18.6 Å². The van der Waals surface area contributed by atoms with Crippen LogP contribution in [0, 0.1) is 11.8 Å². The van der Waals surface area contributed by atoms with Gasteiger partial charge >= 0.3 is 11.9 Å². The highest BCUT2D eigenvalue weighted by atomic mass is 16.5. The minimum absolute atomic E-state index is 0.304. The van der Waals surface area contributed by atoms with Gasteiger partial charge in [-0.1, -0.05) is 37.3 Å². The molecular weight excluding hydrogens is 344 g/mol. The molecule has 0 aromatic heterocycles. The third-order valence-electron chi connectivity index (χ3n) is 3.93. The topological polar surface area (TPSA) is 145 Å². The van der Waals surface area contributed by atoms with Crippen molar-refractivity contribution in [2.45, 2.75) is 19.1 Å². The second-order valence-electron chi connectivity index (χ2n) is 5.58. The first-order valence-corrected chi connectivity index (χ1v) is 7.72. The van der Waals surface area contributed by atoms with Crippen LogP contribution in [-0.2, 0) is 28.7 Å². The second-order valence-corrected chi connectivity index (χ2v) is 5.58. The Balaban J connectivity index is 3.03. The summed E-state index contributed by atoms with van der Waals surface area (Å²) in [5, 5.41) is 12.4. The Morgan fingerprint density at radius 1 is 1.04 bits per heavy atom. The second kappa shape index (κ2) is 9.52. The number of carbonyl (C=O) groups is 4. The molecule has 1 rings (SSSR count). The van der Waals surface area contributed by atoms with Crippen LogP contribution < -0.4 is 11.1 Å². The fraction of sp³-hybridized carbons (Fsp3) is 0.412. The molecule has 0 aliphatic heterocycles. The first-order chi connectivity index (χ1) is 12.2. The van der Waals surface area contributed by atoms with Crippen molar-refractivity contribution in [2.75, 3.05) is 14.2 Å². The van der Waals surface area contributed by atoms with E-state index in [1.54, 1.807) is 18.2 Å². The van der Waals surface area contributed by atoms with Gasteiger partial charge in [0.1, 0.15) is 6.04 Å². The minimum atomic E-state index is -1.56. The number of hydrogen-bond donors (Lipinski definition) is 3. The monoisotopic (exact) mass is 366 g/mol. The van der Waals surface area contributed by atoms with Gasteiger partial charge in [0.15, 0.2) is 12.0 Å². The molecule has 0 unspecified atom stereocenters. The fourth-order valence-corrected chi connectivity index (χ4v) is 2.45. The molecule has 26 heavy (non-hydrogen) atoms. The van der Waals surface area contributed by atoms with Crippen LogP contribution in [0.4, 0.5) is 0 Å². The molecule has 0 aliphatic carbocycles. The van der Waals surface area contributed by atoms with Gasteiger partial charge in [-0.15, -0.1) is 0 Å².